The highest BCUT2D eigenvalue weighted by Gasteiger charge is 2.16. The molecular weight excluding hydrogens is 230 g/mol. The normalized spacial score (nSPS) is 18.9. The minimum Gasteiger partial charge on any atom is -0.376 e. The van der Waals surface area contributed by atoms with Gasteiger partial charge in [0.1, 0.15) is 17.5 Å². The smallest absolute Gasteiger partial charge is 0.148 e. The predicted molar refractivity (Wildman–Crippen MR) is 71.4 cm³/mol. The van der Waals surface area contributed by atoms with Crippen LogP contribution in [0.2, 0.25) is 0 Å². The number of aryl methyl sites for hydroxylation is 1. The van der Waals surface area contributed by atoms with Gasteiger partial charge < -0.3 is 15.5 Å². The zero-order valence-corrected chi connectivity index (χ0v) is 11.0. The van der Waals surface area contributed by atoms with Crippen molar-refractivity contribution in [3.8, 4) is 0 Å². The Morgan fingerprint density at radius 2 is 2.17 bits per heavy atom. The fourth-order valence-electron chi connectivity index (χ4n) is 2.05. The standard InChI is InChI=1S/C12H21N5O/c1-3-10-15-11(8(2)12(16-10)17-13)14-7-9-5-4-6-18-9/h9H,3-7,13H2,1-2H3,(H2,14,15,16,17). The summed E-state index contributed by atoms with van der Waals surface area (Å²) in [4.78, 5) is 8.82. The Balaban J connectivity index is 2.09. The van der Waals surface area contributed by atoms with E-state index in [4.69, 9.17) is 10.6 Å². The Labute approximate surface area is 107 Å². The molecule has 100 valence electrons. The summed E-state index contributed by atoms with van der Waals surface area (Å²) in [6, 6.07) is 0. The summed E-state index contributed by atoms with van der Waals surface area (Å²) in [5.74, 6) is 7.77. The van der Waals surface area contributed by atoms with Gasteiger partial charge in [0.2, 0.25) is 0 Å². The largest absolute Gasteiger partial charge is 0.376 e. The van der Waals surface area contributed by atoms with Crippen molar-refractivity contribution >= 4 is 11.6 Å². The molecule has 6 heteroatoms. The van der Waals surface area contributed by atoms with E-state index in [9.17, 15) is 0 Å². The van der Waals surface area contributed by atoms with E-state index in [2.05, 4.69) is 20.7 Å². The number of hydrazine groups is 1. The molecule has 1 aliphatic rings. The van der Waals surface area contributed by atoms with Gasteiger partial charge in [-0.15, -0.1) is 0 Å². The number of aromatic nitrogens is 2. The van der Waals surface area contributed by atoms with Crippen LogP contribution in [0.15, 0.2) is 0 Å². The van der Waals surface area contributed by atoms with Crippen LogP contribution < -0.4 is 16.6 Å². The Bertz CT molecular complexity index is 404. The molecule has 0 saturated carbocycles. The molecule has 2 rings (SSSR count). The average molecular weight is 251 g/mol. The molecule has 0 aromatic carbocycles. The zero-order chi connectivity index (χ0) is 13.0. The van der Waals surface area contributed by atoms with E-state index in [-0.39, 0.29) is 0 Å². The molecule has 2 heterocycles. The van der Waals surface area contributed by atoms with Crippen molar-refractivity contribution in [3.63, 3.8) is 0 Å². The van der Waals surface area contributed by atoms with E-state index in [1.165, 1.54) is 0 Å². The first kappa shape index (κ1) is 13.0. The molecular formula is C12H21N5O. The van der Waals surface area contributed by atoms with Gasteiger partial charge in [-0.05, 0) is 19.8 Å². The Kier molecular flexibility index (Phi) is 4.33. The van der Waals surface area contributed by atoms with Crippen LogP contribution >= 0.6 is 0 Å². The van der Waals surface area contributed by atoms with Gasteiger partial charge in [-0.3, -0.25) is 0 Å². The van der Waals surface area contributed by atoms with E-state index in [0.29, 0.717) is 11.9 Å². The van der Waals surface area contributed by atoms with Crippen LogP contribution in [0.3, 0.4) is 0 Å². The van der Waals surface area contributed by atoms with Crippen LogP contribution in [0, 0.1) is 6.92 Å². The first-order valence-corrected chi connectivity index (χ1v) is 6.44. The molecule has 0 spiro atoms. The summed E-state index contributed by atoms with van der Waals surface area (Å²) in [5.41, 5.74) is 3.55. The Hall–Kier alpha value is -1.40. The second-order valence-corrected chi connectivity index (χ2v) is 4.48. The van der Waals surface area contributed by atoms with Crippen molar-refractivity contribution in [3.05, 3.63) is 11.4 Å². The van der Waals surface area contributed by atoms with Gasteiger partial charge in [0.25, 0.3) is 0 Å². The molecule has 18 heavy (non-hydrogen) atoms. The molecule has 0 amide bonds. The van der Waals surface area contributed by atoms with Gasteiger partial charge >= 0.3 is 0 Å². The highest BCUT2D eigenvalue weighted by Crippen LogP contribution is 2.20. The molecule has 4 N–H and O–H groups in total. The molecule has 1 saturated heterocycles. The van der Waals surface area contributed by atoms with Gasteiger partial charge in [-0.25, -0.2) is 15.8 Å². The lowest BCUT2D eigenvalue weighted by Gasteiger charge is -2.15. The Morgan fingerprint density at radius 3 is 2.78 bits per heavy atom. The van der Waals surface area contributed by atoms with E-state index < -0.39 is 0 Å². The van der Waals surface area contributed by atoms with Crippen LogP contribution in [-0.2, 0) is 11.2 Å². The monoisotopic (exact) mass is 251 g/mol. The summed E-state index contributed by atoms with van der Waals surface area (Å²) >= 11 is 0. The van der Waals surface area contributed by atoms with Crippen molar-refractivity contribution < 1.29 is 4.74 Å². The maximum atomic E-state index is 5.58. The zero-order valence-electron chi connectivity index (χ0n) is 11.0. The van der Waals surface area contributed by atoms with Crippen molar-refractivity contribution in [2.24, 2.45) is 5.84 Å². The second-order valence-electron chi connectivity index (χ2n) is 4.48. The highest BCUT2D eigenvalue weighted by molar-refractivity contribution is 5.56. The number of anilines is 2. The summed E-state index contributed by atoms with van der Waals surface area (Å²) in [6.45, 7) is 5.62. The Morgan fingerprint density at radius 1 is 1.39 bits per heavy atom. The van der Waals surface area contributed by atoms with Gasteiger partial charge in [0, 0.05) is 25.1 Å². The topological polar surface area (TPSA) is 85.1 Å². The van der Waals surface area contributed by atoms with E-state index in [0.717, 1.165) is 49.6 Å². The van der Waals surface area contributed by atoms with Crippen LogP contribution in [0.5, 0.6) is 0 Å². The van der Waals surface area contributed by atoms with Crippen LogP contribution in [0.1, 0.15) is 31.2 Å². The lowest BCUT2D eigenvalue weighted by Crippen LogP contribution is -2.21. The first-order valence-electron chi connectivity index (χ1n) is 6.44. The molecule has 1 aromatic rings. The molecule has 0 aliphatic carbocycles. The summed E-state index contributed by atoms with van der Waals surface area (Å²) < 4.78 is 5.58. The fourth-order valence-corrected chi connectivity index (χ4v) is 2.05. The average Bonchev–Trinajstić information content (AvgIpc) is 2.90. The van der Waals surface area contributed by atoms with Crippen LogP contribution in [-0.4, -0.2) is 29.2 Å². The van der Waals surface area contributed by atoms with E-state index >= 15 is 0 Å². The van der Waals surface area contributed by atoms with Crippen molar-refractivity contribution in [2.45, 2.75) is 39.2 Å². The molecule has 0 radical (unpaired) electrons. The highest BCUT2D eigenvalue weighted by atomic mass is 16.5. The van der Waals surface area contributed by atoms with Crippen molar-refractivity contribution in [1.82, 2.24) is 9.97 Å². The molecule has 6 nitrogen and oxygen atoms in total. The summed E-state index contributed by atoms with van der Waals surface area (Å²) in [6.07, 6.45) is 3.33. The molecule has 1 aromatic heterocycles. The molecule has 1 fully saturated rings. The quantitative estimate of drug-likeness (QED) is 0.539. The first-order chi connectivity index (χ1) is 8.74. The number of nitrogens with one attached hydrogen (secondary N) is 2. The summed E-state index contributed by atoms with van der Waals surface area (Å²) in [7, 11) is 0. The van der Waals surface area contributed by atoms with Crippen LogP contribution in [0.4, 0.5) is 11.6 Å². The summed E-state index contributed by atoms with van der Waals surface area (Å²) in [5, 5.41) is 3.33. The third-order valence-electron chi connectivity index (χ3n) is 3.17. The number of ether oxygens (including phenoxy) is 1. The number of hydrogen-bond acceptors (Lipinski definition) is 6. The number of nitrogens with two attached hydrogens (primary N) is 1. The third kappa shape index (κ3) is 2.88. The molecule has 0 bridgehead atoms. The number of hydrogen-bond donors (Lipinski definition) is 3. The molecule has 1 unspecified atom stereocenters. The number of rotatable bonds is 5. The molecule has 1 aliphatic heterocycles. The maximum Gasteiger partial charge on any atom is 0.148 e. The fraction of sp³-hybridized carbons (Fsp3) is 0.667. The lowest BCUT2D eigenvalue weighted by molar-refractivity contribution is 0.120. The van der Waals surface area contributed by atoms with Crippen molar-refractivity contribution in [1.29, 1.82) is 0 Å². The van der Waals surface area contributed by atoms with Crippen molar-refractivity contribution in [2.75, 3.05) is 23.9 Å². The van der Waals surface area contributed by atoms with Gasteiger partial charge in [-0.1, -0.05) is 6.92 Å². The van der Waals surface area contributed by atoms with Gasteiger partial charge in [-0.2, -0.15) is 0 Å². The predicted octanol–water partition coefficient (Wildman–Crippen LogP) is 1.22. The third-order valence-corrected chi connectivity index (χ3v) is 3.17. The second kappa shape index (κ2) is 5.97. The van der Waals surface area contributed by atoms with E-state index in [1.54, 1.807) is 0 Å². The molecule has 1 atom stereocenters. The number of nitrogens with zero attached hydrogens (tertiary/aromatic N) is 2. The SMILES string of the molecule is CCc1nc(NN)c(C)c(NCC2CCCO2)n1. The minimum atomic E-state index is 0.290. The van der Waals surface area contributed by atoms with Crippen LogP contribution in [0.25, 0.3) is 0 Å². The lowest BCUT2D eigenvalue weighted by atomic mass is 10.2. The van der Waals surface area contributed by atoms with E-state index in [1.807, 2.05) is 13.8 Å². The number of nitrogen functional groups attached to an aromatic ring is 1. The van der Waals surface area contributed by atoms with Gasteiger partial charge in [0.05, 0.1) is 6.10 Å². The maximum absolute atomic E-state index is 5.58. The minimum absolute atomic E-state index is 0.290. The van der Waals surface area contributed by atoms with Gasteiger partial charge in [0.15, 0.2) is 0 Å².